The van der Waals surface area contributed by atoms with Gasteiger partial charge in [-0.05, 0) is 54.1 Å². The Kier molecular flexibility index (Phi) is 7.72. The molecule has 2 amide bonds. The van der Waals surface area contributed by atoms with Crippen molar-refractivity contribution >= 4 is 33.0 Å². The van der Waals surface area contributed by atoms with Crippen LogP contribution in [0.3, 0.4) is 0 Å². The van der Waals surface area contributed by atoms with E-state index >= 15 is 0 Å². The third kappa shape index (κ3) is 6.08. The van der Waals surface area contributed by atoms with E-state index in [0.717, 1.165) is 17.0 Å². The molecule has 3 aromatic carbocycles. The van der Waals surface area contributed by atoms with Crippen molar-refractivity contribution in [1.29, 1.82) is 0 Å². The van der Waals surface area contributed by atoms with E-state index in [2.05, 4.69) is 10.1 Å². The number of carbonyl (C=O) groups excluding carboxylic acids is 2. The molecule has 0 spiro atoms. The predicted octanol–water partition coefficient (Wildman–Crippen LogP) is 4.49. The topological polar surface area (TPSA) is 111 Å². The molecule has 0 bridgehead atoms. The first kappa shape index (κ1) is 27.8. The molecule has 0 aromatic heterocycles. The van der Waals surface area contributed by atoms with Crippen molar-refractivity contribution in [2.75, 3.05) is 31.0 Å². The van der Waals surface area contributed by atoms with Gasteiger partial charge in [0, 0.05) is 12.1 Å². The van der Waals surface area contributed by atoms with Crippen LogP contribution in [0.1, 0.15) is 17.2 Å². The number of sulfone groups is 1. The number of benzene rings is 3. The molecule has 206 valence electrons. The van der Waals surface area contributed by atoms with Crippen molar-refractivity contribution in [3.63, 3.8) is 0 Å². The van der Waals surface area contributed by atoms with Gasteiger partial charge >= 0.3 is 6.36 Å². The largest absolute Gasteiger partial charge is 0.573 e. The third-order valence-corrected chi connectivity index (χ3v) is 8.10. The molecule has 0 saturated carbocycles. The molecule has 1 heterocycles. The normalized spacial score (nSPS) is 16.6. The monoisotopic (exact) mass is 564 g/mol. The van der Waals surface area contributed by atoms with Gasteiger partial charge in [0.2, 0.25) is 11.8 Å². The predicted molar refractivity (Wildman–Crippen MR) is 135 cm³/mol. The number of fused-ring (bicyclic) bond motifs is 1. The quantitative estimate of drug-likeness (QED) is 0.450. The number of methoxy groups -OCH3 is 2. The Labute approximate surface area is 222 Å². The summed E-state index contributed by atoms with van der Waals surface area (Å²) in [6.07, 6.45) is -5.32. The lowest BCUT2D eigenvalue weighted by molar-refractivity contribution is -0.274. The molecule has 13 heteroatoms. The molecular formula is C26H23F3N2O7S. The van der Waals surface area contributed by atoms with Crippen molar-refractivity contribution in [3.8, 4) is 17.2 Å². The van der Waals surface area contributed by atoms with E-state index in [4.69, 9.17) is 9.47 Å². The van der Waals surface area contributed by atoms with Gasteiger partial charge in [0.1, 0.15) is 12.3 Å². The molecule has 1 aliphatic rings. The van der Waals surface area contributed by atoms with Gasteiger partial charge in [-0.15, -0.1) is 13.2 Å². The first-order chi connectivity index (χ1) is 18.4. The van der Waals surface area contributed by atoms with Crippen LogP contribution in [-0.2, 0) is 19.4 Å². The van der Waals surface area contributed by atoms with Gasteiger partial charge in [-0.2, -0.15) is 0 Å². The lowest BCUT2D eigenvalue weighted by Gasteiger charge is -2.22. The number of ether oxygens (including phenoxy) is 3. The molecule has 0 radical (unpaired) electrons. The summed E-state index contributed by atoms with van der Waals surface area (Å²) < 4.78 is 78.9. The van der Waals surface area contributed by atoms with Crippen LogP contribution in [0, 0.1) is 0 Å². The second-order valence-electron chi connectivity index (χ2n) is 8.42. The lowest BCUT2D eigenvalue weighted by atomic mass is 10.1. The molecule has 1 unspecified atom stereocenters. The fourth-order valence-corrected chi connectivity index (χ4v) is 6.11. The zero-order chi connectivity index (χ0) is 28.4. The number of alkyl halides is 3. The number of rotatable bonds is 7. The zero-order valence-electron chi connectivity index (χ0n) is 20.7. The minimum atomic E-state index is -4.86. The van der Waals surface area contributed by atoms with Crippen LogP contribution in [0.2, 0.25) is 0 Å². The number of para-hydroxylation sites is 1. The molecule has 1 aliphatic heterocycles. The molecule has 39 heavy (non-hydrogen) atoms. The molecule has 3 aromatic rings. The summed E-state index contributed by atoms with van der Waals surface area (Å²) in [6.45, 7) is -0.537. The number of hydrogen-bond donors (Lipinski definition) is 1. The highest BCUT2D eigenvalue weighted by molar-refractivity contribution is 7.92. The third-order valence-electron chi connectivity index (χ3n) is 5.95. The fraction of sp³-hybridized carbons (Fsp3) is 0.231. The van der Waals surface area contributed by atoms with Gasteiger partial charge in [0.15, 0.2) is 21.3 Å². The SMILES string of the molecule is COc1ccc(C2CC(=O)N(CC(=O)Nc3ccc(OC(F)(F)F)cc3)c3ccccc3S2(=O)=O)cc1OC. The van der Waals surface area contributed by atoms with E-state index in [0.29, 0.717) is 11.3 Å². The lowest BCUT2D eigenvalue weighted by Crippen LogP contribution is -2.38. The van der Waals surface area contributed by atoms with Gasteiger partial charge < -0.3 is 24.4 Å². The van der Waals surface area contributed by atoms with Crippen molar-refractivity contribution in [1.82, 2.24) is 0 Å². The minimum absolute atomic E-state index is 0.0366. The Bertz CT molecular complexity index is 1490. The maximum absolute atomic E-state index is 13.7. The van der Waals surface area contributed by atoms with E-state index in [1.807, 2.05) is 0 Å². The number of amides is 2. The van der Waals surface area contributed by atoms with Gasteiger partial charge in [-0.3, -0.25) is 9.59 Å². The molecule has 1 N–H and O–H groups in total. The molecule has 4 rings (SSSR count). The fourth-order valence-electron chi connectivity index (χ4n) is 4.19. The highest BCUT2D eigenvalue weighted by atomic mass is 32.2. The van der Waals surface area contributed by atoms with E-state index in [1.54, 1.807) is 12.1 Å². The summed E-state index contributed by atoms with van der Waals surface area (Å²) in [4.78, 5) is 27.2. The second-order valence-corrected chi connectivity index (χ2v) is 10.5. The molecule has 0 aliphatic carbocycles. The molecule has 0 fully saturated rings. The van der Waals surface area contributed by atoms with Gasteiger partial charge in [0.05, 0.1) is 30.1 Å². The van der Waals surface area contributed by atoms with Crippen molar-refractivity contribution in [2.24, 2.45) is 0 Å². The summed E-state index contributed by atoms with van der Waals surface area (Å²) in [5, 5.41) is 1.23. The summed E-state index contributed by atoms with van der Waals surface area (Å²) >= 11 is 0. The van der Waals surface area contributed by atoms with Gasteiger partial charge in [-0.25, -0.2) is 8.42 Å². The zero-order valence-corrected chi connectivity index (χ0v) is 21.5. The number of nitrogens with zero attached hydrogens (tertiary/aromatic N) is 1. The van der Waals surface area contributed by atoms with Crippen LogP contribution in [0.25, 0.3) is 0 Å². The average molecular weight is 565 g/mol. The molecule has 0 saturated heterocycles. The second kappa shape index (κ2) is 10.8. The number of hydrogen-bond acceptors (Lipinski definition) is 7. The van der Waals surface area contributed by atoms with Crippen LogP contribution < -0.4 is 24.4 Å². The number of halogens is 3. The number of anilines is 2. The highest BCUT2D eigenvalue weighted by Crippen LogP contribution is 2.42. The Morgan fingerprint density at radius 3 is 2.31 bits per heavy atom. The first-order valence-electron chi connectivity index (χ1n) is 11.4. The van der Waals surface area contributed by atoms with Crippen LogP contribution in [0.4, 0.5) is 24.5 Å². The van der Waals surface area contributed by atoms with Crippen molar-refractivity contribution in [2.45, 2.75) is 22.9 Å². The number of carbonyl (C=O) groups is 2. The van der Waals surface area contributed by atoms with Crippen LogP contribution in [0.15, 0.2) is 71.6 Å². The maximum Gasteiger partial charge on any atom is 0.573 e. The highest BCUT2D eigenvalue weighted by Gasteiger charge is 2.40. The van der Waals surface area contributed by atoms with E-state index in [-0.39, 0.29) is 22.0 Å². The average Bonchev–Trinajstić information content (AvgIpc) is 2.97. The van der Waals surface area contributed by atoms with Crippen LogP contribution in [-0.4, -0.2) is 47.4 Å². The van der Waals surface area contributed by atoms with E-state index in [1.165, 1.54) is 56.7 Å². The summed E-state index contributed by atoms with van der Waals surface area (Å²) in [7, 11) is -1.25. The Morgan fingerprint density at radius 1 is 1.00 bits per heavy atom. The first-order valence-corrected chi connectivity index (χ1v) is 13.0. The van der Waals surface area contributed by atoms with E-state index in [9.17, 15) is 31.2 Å². The van der Waals surface area contributed by atoms with Crippen molar-refractivity contribution in [3.05, 3.63) is 72.3 Å². The van der Waals surface area contributed by atoms with Crippen LogP contribution >= 0.6 is 0 Å². The van der Waals surface area contributed by atoms with Gasteiger partial charge in [-0.1, -0.05) is 18.2 Å². The standard InChI is InChI=1S/C26H23F3N2O7S/c1-36-20-12-7-16(13-21(20)37-2)23-14-25(33)31(19-5-3-4-6-22(19)39(23,34)35)15-24(32)30-17-8-10-18(11-9-17)38-26(27,28)29/h3-13,23H,14-15H2,1-2H3,(H,30,32). The Morgan fingerprint density at radius 2 is 1.67 bits per heavy atom. The van der Waals surface area contributed by atoms with Crippen LogP contribution in [0.5, 0.6) is 17.2 Å². The summed E-state index contributed by atoms with van der Waals surface area (Å²) in [6, 6.07) is 14.9. The summed E-state index contributed by atoms with van der Waals surface area (Å²) in [5.74, 6) is -1.10. The van der Waals surface area contributed by atoms with Crippen molar-refractivity contribution < 1.29 is 45.4 Å². The summed E-state index contributed by atoms with van der Waals surface area (Å²) in [5.41, 5.74) is 0.499. The maximum atomic E-state index is 13.7. The minimum Gasteiger partial charge on any atom is -0.493 e. The Hall–Kier alpha value is -4.26. The molecule has 1 atom stereocenters. The molecular weight excluding hydrogens is 541 g/mol. The molecule has 9 nitrogen and oxygen atoms in total. The Balaban J connectivity index is 1.61. The smallest absolute Gasteiger partial charge is 0.493 e. The van der Waals surface area contributed by atoms with Gasteiger partial charge in [0.25, 0.3) is 0 Å². The number of nitrogens with one attached hydrogen (secondary N) is 1. The van der Waals surface area contributed by atoms with E-state index < -0.39 is 52.0 Å².